The second-order valence-corrected chi connectivity index (χ2v) is 8.31. The lowest BCUT2D eigenvalue weighted by atomic mass is 10.2. The first-order chi connectivity index (χ1) is 17.0. The molecule has 3 aromatic carbocycles. The van der Waals surface area contributed by atoms with E-state index in [4.69, 9.17) is 16.3 Å². The van der Waals surface area contributed by atoms with Gasteiger partial charge < -0.3 is 4.74 Å². The summed E-state index contributed by atoms with van der Waals surface area (Å²) in [4.78, 5) is 36.2. The van der Waals surface area contributed by atoms with E-state index in [1.54, 1.807) is 48.5 Å². The second-order valence-electron chi connectivity index (χ2n) is 6.90. The number of benzene rings is 3. The highest BCUT2D eigenvalue weighted by Gasteiger charge is 2.16. The zero-order valence-electron chi connectivity index (χ0n) is 17.8. The van der Waals surface area contributed by atoms with Crippen LogP contribution in [-0.4, -0.2) is 34.2 Å². The van der Waals surface area contributed by atoms with Crippen molar-refractivity contribution < 1.29 is 19.1 Å². The van der Waals surface area contributed by atoms with Gasteiger partial charge in [0, 0.05) is 10.6 Å². The molecule has 35 heavy (non-hydrogen) atoms. The summed E-state index contributed by atoms with van der Waals surface area (Å²) < 4.78 is 5.30. The fourth-order valence-corrected chi connectivity index (χ4v) is 3.59. The fraction of sp³-hybridized carbons (Fsp3) is 0. The molecule has 0 spiro atoms. The monoisotopic (exact) mass is 505 g/mol. The molecule has 9 nitrogen and oxygen atoms in total. The van der Waals surface area contributed by atoms with Gasteiger partial charge >= 0.3 is 17.8 Å². The van der Waals surface area contributed by atoms with Crippen LogP contribution in [0.25, 0.3) is 10.6 Å². The second kappa shape index (κ2) is 11.1. The number of halogens is 1. The van der Waals surface area contributed by atoms with Crippen LogP contribution in [0.5, 0.6) is 5.75 Å². The van der Waals surface area contributed by atoms with Crippen LogP contribution in [0.2, 0.25) is 5.02 Å². The molecule has 11 heteroatoms. The van der Waals surface area contributed by atoms with Crippen molar-refractivity contribution in [3.63, 3.8) is 0 Å². The summed E-state index contributed by atoms with van der Waals surface area (Å²) in [5, 5.41) is 15.3. The molecule has 0 bridgehead atoms. The molecule has 1 heterocycles. The van der Waals surface area contributed by atoms with Crippen molar-refractivity contribution in [2.24, 2.45) is 5.10 Å². The summed E-state index contributed by atoms with van der Waals surface area (Å²) in [6, 6.07) is 22.1. The van der Waals surface area contributed by atoms with Gasteiger partial charge in [-0.15, -0.1) is 10.2 Å². The summed E-state index contributed by atoms with van der Waals surface area (Å²) in [6.45, 7) is 0. The van der Waals surface area contributed by atoms with E-state index in [1.807, 2.05) is 30.3 Å². The van der Waals surface area contributed by atoms with Gasteiger partial charge in [-0.2, -0.15) is 5.10 Å². The maximum absolute atomic E-state index is 12.1. The van der Waals surface area contributed by atoms with Crippen molar-refractivity contribution in [3.05, 3.63) is 95.0 Å². The van der Waals surface area contributed by atoms with Crippen molar-refractivity contribution in [2.45, 2.75) is 0 Å². The number of nitrogens with one attached hydrogen (secondary N) is 2. The number of nitrogens with zero attached hydrogens (tertiary/aromatic N) is 3. The Morgan fingerprint density at radius 1 is 0.886 bits per heavy atom. The summed E-state index contributed by atoms with van der Waals surface area (Å²) in [5.74, 6) is -2.08. The van der Waals surface area contributed by atoms with Crippen molar-refractivity contribution in [2.75, 3.05) is 5.32 Å². The average molecular weight is 506 g/mol. The molecule has 2 N–H and O–H groups in total. The van der Waals surface area contributed by atoms with E-state index in [0.29, 0.717) is 26.9 Å². The van der Waals surface area contributed by atoms with Gasteiger partial charge in [-0.1, -0.05) is 53.3 Å². The molecule has 2 amide bonds. The number of carbonyl (C=O) groups excluding carboxylic acids is 3. The van der Waals surface area contributed by atoms with Gasteiger partial charge in [-0.05, 0) is 54.1 Å². The Bertz CT molecular complexity index is 1370. The molecule has 0 aliphatic rings. The normalized spacial score (nSPS) is 10.7. The Morgan fingerprint density at radius 3 is 2.31 bits per heavy atom. The summed E-state index contributed by atoms with van der Waals surface area (Å²) >= 11 is 6.96. The molecule has 174 valence electrons. The topological polar surface area (TPSA) is 123 Å². The van der Waals surface area contributed by atoms with E-state index >= 15 is 0 Å². The maximum atomic E-state index is 12.1. The van der Waals surface area contributed by atoms with Crippen molar-refractivity contribution >= 4 is 52.1 Å². The lowest BCUT2D eigenvalue weighted by Gasteiger charge is -2.04. The largest absolute Gasteiger partial charge is 0.423 e. The zero-order chi connectivity index (χ0) is 24.6. The number of hydrazone groups is 1. The highest BCUT2D eigenvalue weighted by atomic mass is 35.5. The number of anilines is 1. The SMILES string of the molecule is O=C(N/N=C\c1ccc(OC(=O)c2ccc(Cl)cc2)cc1)C(=O)Nc1nnc(-c2ccccc2)s1. The quantitative estimate of drug-likeness (QED) is 0.133. The first-order valence-corrected chi connectivity index (χ1v) is 11.3. The molecule has 0 aliphatic carbocycles. The third-order valence-corrected chi connectivity index (χ3v) is 5.56. The number of hydrogen-bond acceptors (Lipinski definition) is 8. The third kappa shape index (κ3) is 6.56. The van der Waals surface area contributed by atoms with Gasteiger partial charge in [0.05, 0.1) is 11.8 Å². The van der Waals surface area contributed by atoms with E-state index in [0.717, 1.165) is 16.9 Å². The molecule has 0 aliphatic heterocycles. The number of ether oxygens (including phenoxy) is 1. The van der Waals surface area contributed by atoms with Crippen molar-refractivity contribution in [1.29, 1.82) is 0 Å². The lowest BCUT2D eigenvalue weighted by molar-refractivity contribution is -0.136. The maximum Gasteiger partial charge on any atom is 0.343 e. The van der Waals surface area contributed by atoms with E-state index in [-0.39, 0.29) is 5.13 Å². The van der Waals surface area contributed by atoms with E-state index < -0.39 is 17.8 Å². The van der Waals surface area contributed by atoms with Crippen LogP contribution in [-0.2, 0) is 9.59 Å². The van der Waals surface area contributed by atoms with Crippen LogP contribution < -0.4 is 15.5 Å². The summed E-state index contributed by atoms with van der Waals surface area (Å²) in [7, 11) is 0. The number of amides is 2. The van der Waals surface area contributed by atoms with Crippen LogP contribution in [0.1, 0.15) is 15.9 Å². The van der Waals surface area contributed by atoms with Gasteiger partial charge in [-0.25, -0.2) is 10.2 Å². The first kappa shape index (κ1) is 23.7. The van der Waals surface area contributed by atoms with Gasteiger partial charge in [0.15, 0.2) is 0 Å². The molecule has 1 aromatic heterocycles. The zero-order valence-corrected chi connectivity index (χ0v) is 19.4. The van der Waals surface area contributed by atoms with Crippen LogP contribution in [0.15, 0.2) is 84.0 Å². The Kier molecular flexibility index (Phi) is 7.56. The molecule has 0 fully saturated rings. The molecule has 0 radical (unpaired) electrons. The Hall–Kier alpha value is -4.41. The van der Waals surface area contributed by atoms with Crippen LogP contribution in [0.3, 0.4) is 0 Å². The van der Waals surface area contributed by atoms with Crippen LogP contribution in [0, 0.1) is 0 Å². The molecule has 0 saturated carbocycles. The molecule has 4 rings (SSSR count). The number of hydrogen-bond donors (Lipinski definition) is 2. The van der Waals surface area contributed by atoms with E-state index in [2.05, 4.69) is 26.0 Å². The van der Waals surface area contributed by atoms with Gasteiger partial charge in [0.2, 0.25) is 5.13 Å². The minimum absolute atomic E-state index is 0.191. The lowest BCUT2D eigenvalue weighted by Crippen LogP contribution is -2.32. The van der Waals surface area contributed by atoms with E-state index in [9.17, 15) is 14.4 Å². The minimum Gasteiger partial charge on any atom is -0.423 e. The van der Waals surface area contributed by atoms with E-state index in [1.165, 1.54) is 6.21 Å². The highest BCUT2D eigenvalue weighted by Crippen LogP contribution is 2.25. The third-order valence-electron chi connectivity index (χ3n) is 4.42. The fourth-order valence-electron chi connectivity index (χ4n) is 2.72. The smallest absolute Gasteiger partial charge is 0.343 e. The van der Waals surface area contributed by atoms with Crippen LogP contribution in [0.4, 0.5) is 5.13 Å². The molecule has 0 atom stereocenters. The predicted octanol–water partition coefficient (Wildman–Crippen LogP) is 4.17. The van der Waals surface area contributed by atoms with Crippen LogP contribution >= 0.6 is 22.9 Å². The van der Waals surface area contributed by atoms with Gasteiger partial charge in [-0.3, -0.25) is 14.9 Å². The van der Waals surface area contributed by atoms with Gasteiger partial charge in [0.25, 0.3) is 0 Å². The summed E-state index contributed by atoms with van der Waals surface area (Å²) in [6.07, 6.45) is 1.34. The molecular weight excluding hydrogens is 490 g/mol. The van der Waals surface area contributed by atoms with Gasteiger partial charge in [0.1, 0.15) is 10.8 Å². The Labute approximate surface area is 208 Å². The average Bonchev–Trinajstić information content (AvgIpc) is 3.34. The minimum atomic E-state index is -0.966. The van der Waals surface area contributed by atoms with Crippen molar-refractivity contribution in [1.82, 2.24) is 15.6 Å². The highest BCUT2D eigenvalue weighted by molar-refractivity contribution is 7.18. The number of rotatable bonds is 6. The number of aromatic nitrogens is 2. The Balaban J connectivity index is 1.26. The molecule has 0 unspecified atom stereocenters. The first-order valence-electron chi connectivity index (χ1n) is 10.1. The number of esters is 1. The molecule has 0 saturated heterocycles. The Morgan fingerprint density at radius 2 is 1.60 bits per heavy atom. The summed E-state index contributed by atoms with van der Waals surface area (Å²) in [5.41, 5.74) is 3.97. The standard InChI is InChI=1S/C24H16ClN5O4S/c25-18-10-8-17(9-11-18)23(33)34-19-12-6-15(7-13-19)14-26-28-21(32)20(31)27-24-30-29-22(35-24)16-4-2-1-3-5-16/h1-14H,(H,28,32)(H,27,30,31)/b26-14-. The van der Waals surface area contributed by atoms with Crippen molar-refractivity contribution in [3.8, 4) is 16.3 Å². The number of carbonyl (C=O) groups is 3. The predicted molar refractivity (Wildman–Crippen MR) is 133 cm³/mol. The molecule has 4 aromatic rings. The molecular formula is C24H16ClN5O4S.